The molecule has 0 aliphatic rings. The van der Waals surface area contributed by atoms with Crippen molar-refractivity contribution in [3.05, 3.63) is 24.3 Å². The Bertz CT molecular complexity index is 402. The molecule has 0 atom stereocenters. The first-order chi connectivity index (χ1) is 6.38. The topological polar surface area (TPSA) is 72.5 Å². The van der Waals surface area contributed by atoms with Crippen LogP contribution in [-0.4, -0.2) is 27.1 Å². The molecule has 1 rings (SSSR count). The van der Waals surface area contributed by atoms with Crippen molar-refractivity contribution in [3.63, 3.8) is 0 Å². The molecule has 1 N–H and O–H groups in total. The molecule has 0 fully saturated rings. The summed E-state index contributed by atoms with van der Waals surface area (Å²) in [5.41, 5.74) is 1.20. The van der Waals surface area contributed by atoms with Crippen molar-refractivity contribution in [2.24, 2.45) is 0 Å². The predicted molar refractivity (Wildman–Crippen MR) is 54.1 cm³/mol. The molecule has 0 spiro atoms. The number of rotatable bonds is 3. The summed E-state index contributed by atoms with van der Waals surface area (Å²) in [6.07, 6.45) is 0. The van der Waals surface area contributed by atoms with Crippen molar-refractivity contribution >= 4 is 21.7 Å². The van der Waals surface area contributed by atoms with Gasteiger partial charge in [-0.15, -0.1) is 0 Å². The molecule has 0 saturated heterocycles. The number of benzene rings is 1. The Morgan fingerprint density at radius 2 is 1.67 bits per heavy atom. The van der Waals surface area contributed by atoms with E-state index < -0.39 is 10.3 Å². The molecule has 0 bridgehead atoms. The third-order valence-corrected chi connectivity index (χ3v) is 2.11. The number of hydrogen-bond acceptors (Lipinski definition) is 4. The molecule has 1 aromatic carbocycles. The fraction of sp³-hybridized carbons (Fsp3) is 0.250. The fourth-order valence-corrected chi connectivity index (χ4v) is 1.40. The van der Waals surface area contributed by atoms with E-state index >= 15 is 0 Å². The minimum atomic E-state index is -4.42. The van der Waals surface area contributed by atoms with Gasteiger partial charge in [0, 0.05) is 25.5 Å². The SMILES string of the molecule is CN(C)c1ccc(NS(=O)(=O)[O-])cc1.[Na+]. The van der Waals surface area contributed by atoms with Gasteiger partial charge in [-0.25, -0.2) is 8.42 Å². The zero-order chi connectivity index (χ0) is 10.8. The van der Waals surface area contributed by atoms with Gasteiger partial charge >= 0.3 is 29.6 Å². The Morgan fingerprint density at radius 3 is 2.00 bits per heavy atom. The summed E-state index contributed by atoms with van der Waals surface area (Å²) < 4.78 is 32.9. The maximum atomic E-state index is 10.3. The van der Waals surface area contributed by atoms with Crippen LogP contribution in [0.1, 0.15) is 0 Å². The average Bonchev–Trinajstić information content (AvgIpc) is 2.02. The van der Waals surface area contributed by atoms with Gasteiger partial charge in [0.25, 0.3) is 0 Å². The monoisotopic (exact) mass is 238 g/mol. The summed E-state index contributed by atoms with van der Waals surface area (Å²) in [7, 11) is -0.688. The third kappa shape index (κ3) is 5.39. The van der Waals surface area contributed by atoms with Crippen LogP contribution in [-0.2, 0) is 10.3 Å². The van der Waals surface area contributed by atoms with Crippen molar-refractivity contribution in [2.45, 2.75) is 0 Å². The second kappa shape index (κ2) is 5.72. The van der Waals surface area contributed by atoms with E-state index in [2.05, 4.69) is 0 Å². The molecule has 0 aliphatic heterocycles. The molecule has 7 heteroatoms. The van der Waals surface area contributed by atoms with Crippen LogP contribution in [0.15, 0.2) is 24.3 Å². The molecule has 0 aromatic heterocycles. The summed E-state index contributed by atoms with van der Waals surface area (Å²) in [6, 6.07) is 6.50. The van der Waals surface area contributed by atoms with E-state index in [1.807, 2.05) is 23.7 Å². The van der Waals surface area contributed by atoms with Crippen LogP contribution in [0.2, 0.25) is 0 Å². The first-order valence-corrected chi connectivity index (χ1v) is 5.30. The van der Waals surface area contributed by atoms with Crippen LogP contribution in [0.4, 0.5) is 11.4 Å². The summed E-state index contributed by atoms with van der Waals surface area (Å²) in [6.45, 7) is 0. The molecular formula is C8H11N2NaO3S. The largest absolute Gasteiger partial charge is 1.00 e. The smallest absolute Gasteiger partial charge is 0.731 e. The molecule has 0 heterocycles. The van der Waals surface area contributed by atoms with Crippen LogP contribution in [0.3, 0.4) is 0 Å². The van der Waals surface area contributed by atoms with E-state index in [0.29, 0.717) is 0 Å². The van der Waals surface area contributed by atoms with E-state index in [1.54, 1.807) is 12.1 Å². The Morgan fingerprint density at radius 1 is 1.20 bits per heavy atom. The minimum Gasteiger partial charge on any atom is -0.731 e. The van der Waals surface area contributed by atoms with E-state index in [4.69, 9.17) is 0 Å². The van der Waals surface area contributed by atoms with E-state index in [9.17, 15) is 13.0 Å². The van der Waals surface area contributed by atoms with Crippen molar-refractivity contribution in [3.8, 4) is 0 Å². The molecule has 5 nitrogen and oxygen atoms in total. The van der Waals surface area contributed by atoms with Crippen LogP contribution in [0, 0.1) is 0 Å². The summed E-state index contributed by atoms with van der Waals surface area (Å²) in [5, 5.41) is 0. The molecule has 15 heavy (non-hydrogen) atoms. The number of anilines is 2. The normalized spacial score (nSPS) is 10.3. The molecule has 0 radical (unpaired) electrons. The van der Waals surface area contributed by atoms with Gasteiger partial charge in [0.05, 0.1) is 0 Å². The Labute approximate surface area is 112 Å². The Balaban J connectivity index is 0.00000196. The van der Waals surface area contributed by atoms with Gasteiger partial charge in [-0.3, -0.25) is 4.72 Å². The Hall–Kier alpha value is -0.270. The van der Waals surface area contributed by atoms with Crippen LogP contribution >= 0.6 is 0 Å². The quantitative estimate of drug-likeness (QED) is 0.472. The van der Waals surface area contributed by atoms with E-state index in [1.165, 1.54) is 12.1 Å². The molecule has 0 aliphatic carbocycles. The molecule has 0 amide bonds. The predicted octanol–water partition coefficient (Wildman–Crippen LogP) is -2.37. The summed E-state index contributed by atoms with van der Waals surface area (Å²) in [5.74, 6) is 0. The van der Waals surface area contributed by atoms with Gasteiger partial charge in [0.1, 0.15) is 0 Å². The van der Waals surface area contributed by atoms with Crippen LogP contribution in [0.25, 0.3) is 0 Å². The second-order valence-electron chi connectivity index (χ2n) is 3.00. The molecule has 0 unspecified atom stereocenters. The number of nitrogens with one attached hydrogen (secondary N) is 1. The van der Waals surface area contributed by atoms with Gasteiger partial charge in [-0.2, -0.15) is 0 Å². The first-order valence-electron chi connectivity index (χ1n) is 3.89. The van der Waals surface area contributed by atoms with Crippen molar-refractivity contribution in [1.29, 1.82) is 0 Å². The van der Waals surface area contributed by atoms with Gasteiger partial charge in [0.15, 0.2) is 10.3 Å². The number of hydrogen-bond donors (Lipinski definition) is 1. The van der Waals surface area contributed by atoms with E-state index in [-0.39, 0.29) is 35.2 Å². The maximum Gasteiger partial charge on any atom is 1.00 e. The maximum absolute atomic E-state index is 10.3. The minimum absolute atomic E-state index is 0. The molecular weight excluding hydrogens is 227 g/mol. The number of nitrogens with zero attached hydrogens (tertiary/aromatic N) is 1. The third-order valence-electron chi connectivity index (χ3n) is 1.63. The van der Waals surface area contributed by atoms with Crippen molar-refractivity contribution < 1.29 is 42.5 Å². The zero-order valence-corrected chi connectivity index (χ0v) is 11.7. The standard InChI is InChI=1S/C8H12N2O3S.Na/c1-10(2)8-5-3-7(4-6-8)9-14(11,12)13;/h3-6,9H,1-2H3,(H,11,12,13);/q;+1/p-1. The molecule has 78 valence electrons. The second-order valence-corrected chi connectivity index (χ2v) is 4.11. The van der Waals surface area contributed by atoms with Crippen LogP contribution in [0.5, 0.6) is 0 Å². The van der Waals surface area contributed by atoms with Gasteiger partial charge in [0.2, 0.25) is 0 Å². The van der Waals surface area contributed by atoms with Crippen molar-refractivity contribution in [1.82, 2.24) is 0 Å². The molecule has 1 aromatic rings. The van der Waals surface area contributed by atoms with Gasteiger partial charge < -0.3 is 9.45 Å². The Kier molecular flexibility index (Phi) is 5.61. The van der Waals surface area contributed by atoms with Crippen molar-refractivity contribution in [2.75, 3.05) is 23.7 Å². The summed E-state index contributed by atoms with van der Waals surface area (Å²) in [4.78, 5) is 1.87. The fourth-order valence-electron chi connectivity index (χ4n) is 0.972. The average molecular weight is 238 g/mol. The summed E-state index contributed by atoms with van der Waals surface area (Å²) >= 11 is 0. The van der Waals surface area contributed by atoms with E-state index in [0.717, 1.165) is 5.69 Å². The van der Waals surface area contributed by atoms with Gasteiger partial charge in [-0.1, -0.05) is 0 Å². The van der Waals surface area contributed by atoms with Gasteiger partial charge in [-0.05, 0) is 24.3 Å². The molecule has 0 saturated carbocycles. The first kappa shape index (κ1) is 14.7. The van der Waals surface area contributed by atoms with Crippen LogP contribution < -0.4 is 39.2 Å². The zero-order valence-electron chi connectivity index (χ0n) is 8.89.